The normalized spacial score (nSPS) is 26.3. The molecule has 1 aliphatic heterocycles. The van der Waals surface area contributed by atoms with Crippen LogP contribution in [-0.4, -0.2) is 80.6 Å². The van der Waals surface area contributed by atoms with Gasteiger partial charge in [0.15, 0.2) is 6.23 Å². The summed E-state index contributed by atoms with van der Waals surface area (Å²) in [5.41, 5.74) is 4.04. The second-order valence-corrected chi connectivity index (χ2v) is 12.0. The predicted molar refractivity (Wildman–Crippen MR) is 106 cm³/mol. The summed E-state index contributed by atoms with van der Waals surface area (Å²) in [6.07, 6.45) is 2.08. The molecular formula is C17H28N3O7P. The molecule has 0 aromatic carbocycles. The van der Waals surface area contributed by atoms with E-state index in [4.69, 9.17) is 15.6 Å². The van der Waals surface area contributed by atoms with E-state index in [1.54, 1.807) is 0 Å². The molecule has 0 amide bonds. The molecule has 1 saturated heterocycles. The van der Waals surface area contributed by atoms with Gasteiger partial charge in [0.2, 0.25) is 0 Å². The number of aliphatic carboxylic acids is 1. The first-order valence-electron chi connectivity index (χ1n) is 8.91. The van der Waals surface area contributed by atoms with Crippen molar-refractivity contribution in [3.8, 4) is 0 Å². The first-order valence-corrected chi connectivity index (χ1v) is 12.0. The van der Waals surface area contributed by atoms with Crippen molar-refractivity contribution in [1.82, 2.24) is 9.13 Å². The van der Waals surface area contributed by atoms with Gasteiger partial charge < -0.3 is 25.8 Å². The predicted octanol–water partition coefficient (Wildman–Crippen LogP) is -1.47. The summed E-state index contributed by atoms with van der Waals surface area (Å²) >= 11 is 0. The largest absolute Gasteiger partial charge is 0.480 e. The maximum Gasteiger partial charge on any atom is 0.333 e. The third-order valence-corrected chi connectivity index (χ3v) is 6.18. The highest BCUT2D eigenvalue weighted by atomic mass is 31.2. The van der Waals surface area contributed by atoms with Crippen molar-refractivity contribution in [2.75, 3.05) is 19.5 Å². The van der Waals surface area contributed by atoms with E-state index >= 15 is 0 Å². The quantitative estimate of drug-likeness (QED) is 0.374. The minimum Gasteiger partial charge on any atom is -0.480 e. The maximum absolute atomic E-state index is 12.7. The maximum atomic E-state index is 12.7. The summed E-state index contributed by atoms with van der Waals surface area (Å²) < 4.78 is 7.60. The Kier molecular flexibility index (Phi) is 7.06. The van der Waals surface area contributed by atoms with Crippen molar-refractivity contribution in [1.29, 1.82) is 0 Å². The lowest BCUT2D eigenvalue weighted by Gasteiger charge is -2.19. The van der Waals surface area contributed by atoms with Crippen LogP contribution in [-0.2, 0) is 16.1 Å². The molecule has 1 fully saturated rings. The van der Waals surface area contributed by atoms with Gasteiger partial charge in [-0.1, -0.05) is 0 Å². The van der Waals surface area contributed by atoms with Crippen LogP contribution in [0.2, 0.25) is 0 Å². The monoisotopic (exact) mass is 417 g/mol. The number of carbonyl (C=O) groups is 1. The van der Waals surface area contributed by atoms with Crippen molar-refractivity contribution in [2.45, 2.75) is 50.0 Å². The van der Waals surface area contributed by atoms with Crippen LogP contribution in [0.1, 0.15) is 19.1 Å². The molecule has 28 heavy (non-hydrogen) atoms. The molecule has 11 heteroatoms. The first kappa shape index (κ1) is 22.6. The summed E-state index contributed by atoms with van der Waals surface area (Å²) in [4.78, 5) is 35.5. The number of nitrogens with zero attached hydrogens (tertiary/aromatic N) is 2. The van der Waals surface area contributed by atoms with E-state index in [0.29, 0.717) is 6.42 Å². The Balaban J connectivity index is 2.24. The molecule has 0 radical (unpaired) electrons. The number of hydrogen-bond acceptors (Lipinski definition) is 7. The van der Waals surface area contributed by atoms with Crippen molar-refractivity contribution >= 4 is 19.2 Å². The SMILES string of the molecule is C=P(C)(C)CC[C@H]1OC(n2ccc(=O)n(CCC(N)C(=O)O)c2=O)[C@H](O)[C@@H]1O. The van der Waals surface area contributed by atoms with Crippen LogP contribution in [0.4, 0.5) is 0 Å². The number of aliphatic hydroxyl groups excluding tert-OH is 2. The first-order chi connectivity index (χ1) is 12.9. The molecule has 1 aromatic heterocycles. The fraction of sp³-hybridized carbons (Fsp3) is 0.647. The van der Waals surface area contributed by atoms with Crippen LogP contribution in [0.5, 0.6) is 0 Å². The molecule has 0 spiro atoms. The third kappa shape index (κ3) is 5.21. The number of ether oxygens (including phenoxy) is 1. The van der Waals surface area contributed by atoms with Crippen molar-refractivity contribution < 1.29 is 24.9 Å². The number of aromatic nitrogens is 2. The van der Waals surface area contributed by atoms with Crippen LogP contribution in [0.25, 0.3) is 0 Å². The highest BCUT2D eigenvalue weighted by molar-refractivity contribution is 7.72. The van der Waals surface area contributed by atoms with Gasteiger partial charge >= 0.3 is 11.7 Å². The van der Waals surface area contributed by atoms with E-state index in [1.165, 1.54) is 6.20 Å². The zero-order chi connectivity index (χ0) is 21.2. The number of nitrogens with two attached hydrogens (primary N) is 1. The van der Waals surface area contributed by atoms with E-state index in [0.717, 1.165) is 21.4 Å². The third-order valence-electron chi connectivity index (χ3n) is 4.71. The van der Waals surface area contributed by atoms with Crippen LogP contribution >= 0.6 is 6.89 Å². The summed E-state index contributed by atoms with van der Waals surface area (Å²) in [5.74, 6) is -1.24. The summed E-state index contributed by atoms with van der Waals surface area (Å²) in [6.45, 7) is 2.55. The van der Waals surface area contributed by atoms with Crippen LogP contribution in [0.3, 0.4) is 0 Å². The molecule has 0 saturated carbocycles. The number of carboxylic acid groups (broad SMARTS) is 1. The molecule has 1 aliphatic rings. The van der Waals surface area contributed by atoms with E-state index in [-0.39, 0.29) is 13.0 Å². The Hall–Kier alpha value is -1.71. The minimum absolute atomic E-state index is 0.115. The molecule has 0 aliphatic carbocycles. The lowest BCUT2D eigenvalue weighted by Crippen LogP contribution is -2.44. The van der Waals surface area contributed by atoms with Crippen molar-refractivity contribution in [3.05, 3.63) is 33.1 Å². The second-order valence-electron chi connectivity index (χ2n) is 7.72. The van der Waals surface area contributed by atoms with Gasteiger partial charge in [0, 0.05) is 18.8 Å². The molecule has 5 N–H and O–H groups in total. The molecule has 1 aromatic rings. The average Bonchev–Trinajstić information content (AvgIpc) is 2.87. The Bertz CT molecular complexity index is 874. The molecule has 0 bridgehead atoms. The van der Waals surface area contributed by atoms with Gasteiger partial charge in [-0.05, 0) is 32.3 Å². The topological polar surface area (TPSA) is 157 Å². The summed E-state index contributed by atoms with van der Waals surface area (Å²) in [5, 5.41) is 29.5. The van der Waals surface area contributed by atoms with Gasteiger partial charge in [-0.3, -0.25) is 18.7 Å². The number of carboxylic acids is 1. The zero-order valence-corrected chi connectivity index (χ0v) is 16.9. The van der Waals surface area contributed by atoms with Gasteiger partial charge in [0.25, 0.3) is 5.56 Å². The van der Waals surface area contributed by atoms with E-state index in [1.807, 2.05) is 13.3 Å². The zero-order valence-electron chi connectivity index (χ0n) is 16.0. The van der Waals surface area contributed by atoms with Gasteiger partial charge in [-0.15, -0.1) is 13.2 Å². The highest BCUT2D eigenvalue weighted by Gasteiger charge is 2.44. The fourth-order valence-electron chi connectivity index (χ4n) is 3.00. The molecule has 5 atom stereocenters. The summed E-state index contributed by atoms with van der Waals surface area (Å²) in [6, 6.07) is -0.0949. The van der Waals surface area contributed by atoms with E-state index in [2.05, 4.69) is 6.30 Å². The second kappa shape index (κ2) is 8.75. The van der Waals surface area contributed by atoms with E-state index in [9.17, 15) is 24.6 Å². The average molecular weight is 417 g/mol. The van der Waals surface area contributed by atoms with Gasteiger partial charge in [0.1, 0.15) is 18.2 Å². The number of rotatable bonds is 8. The smallest absolute Gasteiger partial charge is 0.333 e. The molecule has 158 valence electrons. The van der Waals surface area contributed by atoms with Crippen LogP contribution in [0.15, 0.2) is 21.9 Å². The molecule has 2 heterocycles. The molecule has 2 unspecified atom stereocenters. The van der Waals surface area contributed by atoms with Gasteiger partial charge in [-0.25, -0.2) is 4.79 Å². The molecule has 10 nitrogen and oxygen atoms in total. The fourth-order valence-corrected chi connectivity index (χ4v) is 3.95. The van der Waals surface area contributed by atoms with Crippen molar-refractivity contribution in [3.63, 3.8) is 0 Å². The number of hydrogen-bond donors (Lipinski definition) is 4. The Morgan fingerprint density at radius 1 is 1.36 bits per heavy atom. The highest BCUT2D eigenvalue weighted by Crippen LogP contribution is 2.39. The molecular weight excluding hydrogens is 389 g/mol. The van der Waals surface area contributed by atoms with Crippen molar-refractivity contribution in [2.24, 2.45) is 5.73 Å². The Morgan fingerprint density at radius 3 is 2.57 bits per heavy atom. The van der Waals surface area contributed by atoms with E-state index < -0.39 is 54.7 Å². The lowest BCUT2D eigenvalue weighted by molar-refractivity contribution is -0.138. The number of aliphatic hydroxyl groups is 2. The Labute approximate surface area is 162 Å². The summed E-state index contributed by atoms with van der Waals surface area (Å²) in [7, 11) is 0. The van der Waals surface area contributed by atoms with Crippen LogP contribution in [0, 0.1) is 0 Å². The minimum atomic E-state index is -1.35. The van der Waals surface area contributed by atoms with Gasteiger partial charge in [-0.2, -0.15) is 0 Å². The van der Waals surface area contributed by atoms with Crippen LogP contribution < -0.4 is 17.0 Å². The Morgan fingerprint density at radius 2 is 2.00 bits per heavy atom. The van der Waals surface area contributed by atoms with Gasteiger partial charge in [0.05, 0.1) is 6.10 Å². The lowest BCUT2D eigenvalue weighted by atomic mass is 10.1. The molecule has 2 rings (SSSR count). The standard InChI is InChI=1S/C17H28N3O7P/c1-28(2,3)9-6-11-13(22)14(23)15(27-11)20-8-5-12(21)19(17(20)26)7-4-10(18)16(24)25/h5,8,10-11,13-15,22-23H,1,4,6-7,9,18H2,2-3H3,(H,24,25)/t10?,11-,13-,14-,15?/m1/s1.